The Balaban J connectivity index is 1.43. The van der Waals surface area contributed by atoms with Gasteiger partial charge in [-0.05, 0) is 67.1 Å². The van der Waals surface area contributed by atoms with Crippen molar-refractivity contribution in [3.8, 4) is 17.1 Å². The van der Waals surface area contributed by atoms with E-state index in [9.17, 15) is 4.79 Å². The molecule has 0 radical (unpaired) electrons. The number of hydrogen-bond donors (Lipinski definition) is 2. The SMILES string of the molecule is CNC(=O)c1ccc(SNc2noc3c2CC2(CC2)c2ccc(Br)cc2-3)c(OC)c1. The summed E-state index contributed by atoms with van der Waals surface area (Å²) in [6.07, 6.45) is 3.30. The molecule has 3 aromatic rings. The van der Waals surface area contributed by atoms with Crippen LogP contribution in [0.1, 0.15) is 34.3 Å². The average Bonchev–Trinajstić information content (AvgIpc) is 3.42. The topological polar surface area (TPSA) is 76.4 Å². The standard InChI is InChI=1S/C22H20BrN3O3S/c1-24-21(27)12-3-6-18(17(9-12)28-2)30-26-20-15-11-22(7-8-22)16-5-4-13(23)10-14(16)19(15)29-25-20/h3-6,9-10H,7-8,11H2,1-2H3,(H,24,27)(H,25,26). The minimum atomic E-state index is -0.150. The van der Waals surface area contributed by atoms with Gasteiger partial charge in [0.05, 0.1) is 12.0 Å². The lowest BCUT2D eigenvalue weighted by Crippen LogP contribution is -2.17. The molecule has 154 valence electrons. The van der Waals surface area contributed by atoms with Crippen molar-refractivity contribution < 1.29 is 14.1 Å². The molecule has 1 heterocycles. The molecule has 8 heteroatoms. The number of methoxy groups -OCH3 is 1. The number of nitrogens with one attached hydrogen (secondary N) is 2. The number of carbonyl (C=O) groups is 1. The summed E-state index contributed by atoms with van der Waals surface area (Å²) in [7, 11) is 3.20. The van der Waals surface area contributed by atoms with Crippen LogP contribution in [-0.4, -0.2) is 25.2 Å². The Bertz CT molecular complexity index is 1160. The van der Waals surface area contributed by atoms with E-state index >= 15 is 0 Å². The maximum Gasteiger partial charge on any atom is 0.251 e. The Kier molecular flexibility index (Phi) is 4.78. The molecule has 2 aliphatic carbocycles. The van der Waals surface area contributed by atoms with E-state index in [2.05, 4.69) is 49.3 Å². The van der Waals surface area contributed by atoms with Gasteiger partial charge in [0.25, 0.3) is 5.91 Å². The lowest BCUT2D eigenvalue weighted by molar-refractivity contribution is 0.0962. The monoisotopic (exact) mass is 485 g/mol. The van der Waals surface area contributed by atoms with Crippen LogP contribution in [0.5, 0.6) is 5.75 Å². The lowest BCUT2D eigenvalue weighted by Gasteiger charge is -2.24. The van der Waals surface area contributed by atoms with Gasteiger partial charge < -0.3 is 19.3 Å². The first kappa shape index (κ1) is 19.5. The predicted octanol–water partition coefficient (Wildman–Crippen LogP) is 5.18. The third kappa shape index (κ3) is 3.18. The van der Waals surface area contributed by atoms with Gasteiger partial charge in [-0.3, -0.25) is 4.79 Å². The van der Waals surface area contributed by atoms with Crippen LogP contribution < -0.4 is 14.8 Å². The molecule has 0 aliphatic heterocycles. The van der Waals surface area contributed by atoms with Crippen molar-refractivity contribution in [2.75, 3.05) is 18.9 Å². The summed E-state index contributed by atoms with van der Waals surface area (Å²) in [5.41, 5.74) is 4.37. The van der Waals surface area contributed by atoms with Crippen molar-refractivity contribution in [1.29, 1.82) is 0 Å². The zero-order valence-electron chi connectivity index (χ0n) is 16.5. The molecule has 0 unspecified atom stereocenters. The van der Waals surface area contributed by atoms with Crippen molar-refractivity contribution in [1.82, 2.24) is 10.5 Å². The summed E-state index contributed by atoms with van der Waals surface area (Å²) >= 11 is 4.98. The van der Waals surface area contributed by atoms with E-state index in [0.717, 1.165) is 38.5 Å². The number of nitrogens with zero attached hydrogens (tertiary/aromatic N) is 1. The number of rotatable bonds is 5. The van der Waals surface area contributed by atoms with E-state index in [4.69, 9.17) is 9.26 Å². The third-order valence-corrected chi connectivity index (χ3v) is 7.21. The second kappa shape index (κ2) is 7.35. The predicted molar refractivity (Wildman–Crippen MR) is 120 cm³/mol. The molecule has 6 nitrogen and oxygen atoms in total. The van der Waals surface area contributed by atoms with Gasteiger partial charge in [0.1, 0.15) is 5.75 Å². The highest BCUT2D eigenvalue weighted by Gasteiger charge is 2.50. The highest BCUT2D eigenvalue weighted by Crippen LogP contribution is 2.58. The molecule has 2 N–H and O–H groups in total. The molecule has 2 aromatic carbocycles. The van der Waals surface area contributed by atoms with Crippen LogP contribution in [-0.2, 0) is 11.8 Å². The number of halogens is 1. The molecule has 0 saturated heterocycles. The summed E-state index contributed by atoms with van der Waals surface area (Å²) in [6, 6.07) is 11.8. The van der Waals surface area contributed by atoms with Crippen LogP contribution in [0.4, 0.5) is 5.82 Å². The maximum atomic E-state index is 11.9. The Morgan fingerprint density at radius 2 is 2.10 bits per heavy atom. The van der Waals surface area contributed by atoms with Crippen molar-refractivity contribution in [2.45, 2.75) is 29.6 Å². The maximum absolute atomic E-state index is 11.9. The largest absolute Gasteiger partial charge is 0.495 e. The summed E-state index contributed by atoms with van der Waals surface area (Å²) in [6.45, 7) is 0. The van der Waals surface area contributed by atoms with Gasteiger partial charge in [0.2, 0.25) is 0 Å². The van der Waals surface area contributed by atoms with Crippen LogP contribution in [0.3, 0.4) is 0 Å². The van der Waals surface area contributed by atoms with Crippen LogP contribution in [0.2, 0.25) is 0 Å². The van der Waals surface area contributed by atoms with Gasteiger partial charge in [-0.25, -0.2) is 0 Å². The van der Waals surface area contributed by atoms with Crippen molar-refractivity contribution >= 4 is 39.6 Å². The lowest BCUT2D eigenvalue weighted by atomic mass is 9.79. The molecular weight excluding hydrogens is 466 g/mol. The molecule has 0 bridgehead atoms. The molecule has 1 fully saturated rings. The first-order valence-electron chi connectivity index (χ1n) is 9.66. The second-order valence-corrected chi connectivity index (χ2v) is 9.40. The van der Waals surface area contributed by atoms with Crippen molar-refractivity contribution in [3.05, 3.63) is 57.6 Å². The van der Waals surface area contributed by atoms with Crippen LogP contribution >= 0.6 is 27.9 Å². The molecule has 1 amide bonds. The highest BCUT2D eigenvalue weighted by molar-refractivity contribution is 9.10. The van der Waals surface area contributed by atoms with E-state index in [1.165, 1.54) is 30.4 Å². The Morgan fingerprint density at radius 1 is 1.27 bits per heavy atom. The Hall–Kier alpha value is -2.45. The quantitative estimate of drug-likeness (QED) is 0.484. The number of aromatic nitrogens is 1. The van der Waals surface area contributed by atoms with Gasteiger partial charge in [0, 0.05) is 33.6 Å². The Morgan fingerprint density at radius 3 is 2.83 bits per heavy atom. The van der Waals surface area contributed by atoms with Gasteiger partial charge in [0.15, 0.2) is 11.6 Å². The fourth-order valence-electron chi connectivity index (χ4n) is 4.10. The molecule has 1 saturated carbocycles. The van der Waals surface area contributed by atoms with Crippen molar-refractivity contribution in [3.63, 3.8) is 0 Å². The number of benzene rings is 2. The first-order chi connectivity index (χ1) is 14.5. The highest BCUT2D eigenvalue weighted by atomic mass is 79.9. The molecule has 5 rings (SSSR count). The first-order valence-corrected chi connectivity index (χ1v) is 11.3. The minimum absolute atomic E-state index is 0.150. The van der Waals surface area contributed by atoms with Crippen molar-refractivity contribution in [2.24, 2.45) is 0 Å². The summed E-state index contributed by atoms with van der Waals surface area (Å²) in [4.78, 5) is 12.7. The third-order valence-electron chi connectivity index (χ3n) is 5.87. The average molecular weight is 486 g/mol. The number of carbonyl (C=O) groups excluding carboxylic acids is 1. The molecule has 30 heavy (non-hydrogen) atoms. The van der Waals surface area contributed by atoms with Crippen LogP contribution in [0, 0.1) is 0 Å². The van der Waals surface area contributed by atoms with E-state index < -0.39 is 0 Å². The van der Waals surface area contributed by atoms with E-state index in [1.54, 1.807) is 26.3 Å². The summed E-state index contributed by atoms with van der Waals surface area (Å²) < 4.78 is 15.6. The van der Waals surface area contributed by atoms with Gasteiger partial charge in [-0.2, -0.15) is 0 Å². The number of amides is 1. The Labute approximate surface area is 187 Å². The normalized spacial score (nSPS) is 15.3. The zero-order valence-corrected chi connectivity index (χ0v) is 18.9. The minimum Gasteiger partial charge on any atom is -0.495 e. The number of hydrogen-bond acceptors (Lipinski definition) is 6. The molecular formula is C22H20BrN3O3S. The fourth-order valence-corrected chi connectivity index (χ4v) is 5.21. The molecule has 1 aromatic heterocycles. The molecule has 2 aliphatic rings. The molecule has 1 spiro atoms. The van der Waals surface area contributed by atoms with E-state index in [0.29, 0.717) is 11.3 Å². The number of fused-ring (bicyclic) bond motifs is 4. The van der Waals surface area contributed by atoms with E-state index in [-0.39, 0.29) is 11.3 Å². The van der Waals surface area contributed by atoms with Gasteiger partial charge in [-0.1, -0.05) is 27.2 Å². The fraction of sp³-hybridized carbons (Fsp3) is 0.273. The smallest absolute Gasteiger partial charge is 0.251 e. The van der Waals surface area contributed by atoms with Gasteiger partial charge in [-0.15, -0.1) is 0 Å². The van der Waals surface area contributed by atoms with Crippen LogP contribution in [0.15, 0.2) is 50.3 Å². The zero-order chi connectivity index (χ0) is 20.9. The second-order valence-electron chi connectivity index (χ2n) is 7.63. The van der Waals surface area contributed by atoms with Gasteiger partial charge >= 0.3 is 0 Å². The summed E-state index contributed by atoms with van der Waals surface area (Å²) in [5.74, 6) is 2.06. The van der Waals surface area contributed by atoms with Crippen LogP contribution in [0.25, 0.3) is 11.3 Å². The molecule has 0 atom stereocenters. The number of anilines is 1. The van der Waals surface area contributed by atoms with E-state index in [1.807, 2.05) is 6.07 Å². The number of ether oxygens (including phenoxy) is 1. The summed E-state index contributed by atoms with van der Waals surface area (Å²) in [5, 5.41) is 6.95.